The third-order valence-corrected chi connectivity index (χ3v) is 5.88. The second-order valence-corrected chi connectivity index (χ2v) is 8.41. The van der Waals surface area contributed by atoms with Crippen molar-refractivity contribution in [2.75, 3.05) is 11.9 Å². The molecular weight excluding hydrogens is 388 g/mol. The summed E-state index contributed by atoms with van der Waals surface area (Å²) in [6, 6.07) is 11.8. The number of rotatable bonds is 6. The van der Waals surface area contributed by atoms with Crippen LogP contribution >= 0.6 is 11.3 Å². The van der Waals surface area contributed by atoms with Gasteiger partial charge in [0, 0.05) is 18.5 Å². The highest BCUT2D eigenvalue weighted by Gasteiger charge is 2.35. The molecule has 4 rings (SSSR count). The van der Waals surface area contributed by atoms with Crippen LogP contribution in [0.4, 0.5) is 5.13 Å². The lowest BCUT2D eigenvalue weighted by Gasteiger charge is -2.14. The topological polar surface area (TPSA) is 88.3 Å². The maximum atomic E-state index is 12.6. The molecule has 8 heteroatoms. The van der Waals surface area contributed by atoms with Crippen molar-refractivity contribution in [3.63, 3.8) is 0 Å². The number of anilines is 1. The largest absolute Gasteiger partial charge is 0.467 e. The predicted octanol–water partition coefficient (Wildman–Crippen LogP) is 3.91. The summed E-state index contributed by atoms with van der Waals surface area (Å²) in [5, 5.41) is 12.3. The number of nitrogens with one attached hydrogen (secondary N) is 1. The van der Waals surface area contributed by atoms with E-state index in [1.54, 1.807) is 17.2 Å². The molecule has 1 saturated heterocycles. The van der Waals surface area contributed by atoms with Crippen LogP contribution in [0.3, 0.4) is 0 Å². The van der Waals surface area contributed by atoms with E-state index in [0.29, 0.717) is 29.9 Å². The second kappa shape index (κ2) is 8.16. The van der Waals surface area contributed by atoms with E-state index < -0.39 is 5.92 Å². The van der Waals surface area contributed by atoms with Gasteiger partial charge in [0.2, 0.25) is 16.9 Å². The number of hydrogen-bond donors (Lipinski definition) is 1. The highest BCUT2D eigenvalue weighted by Crippen LogP contribution is 2.29. The number of benzene rings is 1. The lowest BCUT2D eigenvalue weighted by molar-refractivity contribution is -0.128. The first-order valence-corrected chi connectivity index (χ1v) is 10.4. The van der Waals surface area contributed by atoms with Crippen molar-refractivity contribution >= 4 is 28.3 Å². The van der Waals surface area contributed by atoms with Gasteiger partial charge in [-0.1, -0.05) is 49.4 Å². The van der Waals surface area contributed by atoms with Crippen molar-refractivity contribution in [2.24, 2.45) is 5.92 Å². The van der Waals surface area contributed by atoms with E-state index in [1.807, 2.05) is 18.2 Å². The number of likely N-dealkylation sites (tertiary alicyclic amines) is 1. The van der Waals surface area contributed by atoms with Gasteiger partial charge in [0.25, 0.3) is 0 Å². The van der Waals surface area contributed by atoms with E-state index in [0.717, 1.165) is 10.6 Å². The van der Waals surface area contributed by atoms with Crippen molar-refractivity contribution in [1.29, 1.82) is 0 Å². The van der Waals surface area contributed by atoms with Gasteiger partial charge in [-0.05, 0) is 23.6 Å². The first-order valence-electron chi connectivity index (χ1n) is 9.54. The molecule has 1 aliphatic heterocycles. The number of carbonyl (C=O) groups is 2. The maximum Gasteiger partial charge on any atom is 0.231 e. The van der Waals surface area contributed by atoms with Gasteiger partial charge in [-0.2, -0.15) is 0 Å². The monoisotopic (exact) mass is 410 g/mol. The van der Waals surface area contributed by atoms with Gasteiger partial charge in [0.05, 0.1) is 18.7 Å². The van der Waals surface area contributed by atoms with E-state index >= 15 is 0 Å². The van der Waals surface area contributed by atoms with E-state index in [9.17, 15) is 9.59 Å². The molecule has 1 fully saturated rings. The lowest BCUT2D eigenvalue weighted by atomic mass is 10.0. The summed E-state index contributed by atoms with van der Waals surface area (Å²) in [7, 11) is 0. The maximum absolute atomic E-state index is 12.6. The minimum Gasteiger partial charge on any atom is -0.467 e. The molecule has 7 nitrogen and oxygen atoms in total. The van der Waals surface area contributed by atoms with Crippen LogP contribution in [0.2, 0.25) is 0 Å². The highest BCUT2D eigenvalue weighted by atomic mass is 32.1. The summed E-state index contributed by atoms with van der Waals surface area (Å²) in [6.45, 7) is 5.05. The van der Waals surface area contributed by atoms with Crippen molar-refractivity contribution in [3.8, 4) is 10.6 Å². The minimum absolute atomic E-state index is 0.0512. The molecule has 1 atom stereocenters. The molecule has 1 aliphatic rings. The summed E-state index contributed by atoms with van der Waals surface area (Å²) < 4.78 is 5.29. The fourth-order valence-electron chi connectivity index (χ4n) is 3.30. The zero-order valence-corrected chi connectivity index (χ0v) is 17.1. The highest BCUT2D eigenvalue weighted by molar-refractivity contribution is 7.18. The third-order valence-electron chi connectivity index (χ3n) is 4.99. The van der Waals surface area contributed by atoms with Crippen LogP contribution in [0.5, 0.6) is 0 Å². The average molecular weight is 410 g/mol. The van der Waals surface area contributed by atoms with Crippen molar-refractivity contribution in [1.82, 2.24) is 15.1 Å². The summed E-state index contributed by atoms with van der Waals surface area (Å²) in [5.74, 6) is 0.504. The number of aromatic nitrogens is 2. The van der Waals surface area contributed by atoms with Gasteiger partial charge >= 0.3 is 0 Å². The number of hydrogen-bond acceptors (Lipinski definition) is 6. The van der Waals surface area contributed by atoms with Crippen LogP contribution < -0.4 is 5.32 Å². The molecular formula is C21H22N4O3S. The average Bonchev–Trinajstić information content (AvgIpc) is 3.45. The van der Waals surface area contributed by atoms with Crippen molar-refractivity contribution in [2.45, 2.75) is 32.7 Å². The zero-order valence-electron chi connectivity index (χ0n) is 16.3. The summed E-state index contributed by atoms with van der Waals surface area (Å²) >= 11 is 1.33. The van der Waals surface area contributed by atoms with Crippen molar-refractivity contribution < 1.29 is 14.0 Å². The Morgan fingerprint density at radius 2 is 2.07 bits per heavy atom. The molecule has 0 aliphatic carbocycles. The van der Waals surface area contributed by atoms with Crippen molar-refractivity contribution in [3.05, 3.63) is 54.0 Å². The van der Waals surface area contributed by atoms with E-state index in [4.69, 9.17) is 4.42 Å². The van der Waals surface area contributed by atoms with Crippen LogP contribution in [-0.2, 0) is 16.1 Å². The molecule has 0 saturated carbocycles. The molecule has 3 aromatic rings. The number of amides is 2. The third kappa shape index (κ3) is 4.37. The fraction of sp³-hybridized carbons (Fsp3) is 0.333. The SMILES string of the molecule is CC(C)c1ccc(-c2nnc(NC(=O)[C@H]3CC(=O)N(Cc4ccco4)C3)s2)cc1. The van der Waals surface area contributed by atoms with Gasteiger partial charge in [0.1, 0.15) is 10.8 Å². The summed E-state index contributed by atoms with van der Waals surface area (Å²) in [4.78, 5) is 26.5. The lowest BCUT2D eigenvalue weighted by Crippen LogP contribution is -2.27. The van der Waals surface area contributed by atoms with Crippen LogP contribution in [0.1, 0.15) is 37.5 Å². The molecule has 0 unspecified atom stereocenters. The standard InChI is InChI=1S/C21H22N4O3S/c1-13(2)14-5-7-15(8-6-14)20-23-24-21(29-20)22-19(27)16-10-18(26)25(11-16)12-17-4-3-9-28-17/h3-9,13,16H,10-12H2,1-2H3,(H,22,24,27)/t16-/m0/s1. The second-order valence-electron chi connectivity index (χ2n) is 7.43. The van der Waals surface area contributed by atoms with Gasteiger partial charge in [-0.25, -0.2) is 0 Å². The Hall–Kier alpha value is -3.00. The van der Waals surface area contributed by atoms with E-state index in [1.165, 1.54) is 16.9 Å². The Labute approximate surface area is 172 Å². The molecule has 150 valence electrons. The molecule has 2 amide bonds. The van der Waals surface area contributed by atoms with E-state index in [2.05, 4.69) is 41.5 Å². The van der Waals surface area contributed by atoms with Gasteiger partial charge in [0.15, 0.2) is 0 Å². The Kier molecular flexibility index (Phi) is 5.44. The first kappa shape index (κ1) is 19.3. The normalized spacial score (nSPS) is 16.6. The Morgan fingerprint density at radius 3 is 2.76 bits per heavy atom. The van der Waals surface area contributed by atoms with E-state index in [-0.39, 0.29) is 18.2 Å². The molecule has 1 aromatic carbocycles. The molecule has 1 N–H and O–H groups in total. The minimum atomic E-state index is -0.407. The Morgan fingerprint density at radius 1 is 1.28 bits per heavy atom. The molecule has 3 heterocycles. The molecule has 2 aromatic heterocycles. The van der Waals surface area contributed by atoms with Gasteiger partial charge in [-0.15, -0.1) is 10.2 Å². The molecule has 0 radical (unpaired) electrons. The molecule has 29 heavy (non-hydrogen) atoms. The van der Waals surface area contributed by atoms with Crippen LogP contribution in [0.15, 0.2) is 47.1 Å². The van der Waals surface area contributed by atoms with Crippen LogP contribution in [-0.4, -0.2) is 33.5 Å². The smallest absolute Gasteiger partial charge is 0.231 e. The molecule has 0 spiro atoms. The fourth-order valence-corrected chi connectivity index (χ4v) is 4.05. The molecule has 0 bridgehead atoms. The van der Waals surface area contributed by atoms with Gasteiger partial charge < -0.3 is 14.6 Å². The Bertz CT molecular complexity index is 995. The zero-order chi connectivity index (χ0) is 20.4. The number of carbonyl (C=O) groups excluding carboxylic acids is 2. The Balaban J connectivity index is 1.37. The predicted molar refractivity (Wildman–Crippen MR) is 110 cm³/mol. The quantitative estimate of drug-likeness (QED) is 0.666. The summed E-state index contributed by atoms with van der Waals surface area (Å²) in [6.07, 6.45) is 1.76. The number of furan rings is 1. The van der Waals surface area contributed by atoms with Crippen LogP contribution in [0.25, 0.3) is 10.6 Å². The van der Waals surface area contributed by atoms with Gasteiger partial charge in [-0.3, -0.25) is 9.59 Å². The summed E-state index contributed by atoms with van der Waals surface area (Å²) in [5.41, 5.74) is 2.23. The first-order chi connectivity index (χ1) is 14.0. The van der Waals surface area contributed by atoms with Crippen LogP contribution in [0, 0.1) is 5.92 Å². The number of nitrogens with zero attached hydrogens (tertiary/aromatic N) is 3.